The van der Waals surface area contributed by atoms with Crippen molar-refractivity contribution >= 4 is 34.2 Å². The van der Waals surface area contributed by atoms with Crippen LogP contribution in [0, 0.1) is 6.92 Å². The SMILES string of the molecule is Cc1cc(/N=N/c2ccc([S+]([O-])Nc3ccccn3)cc2)c(N)cc1O. The van der Waals surface area contributed by atoms with E-state index in [-0.39, 0.29) is 5.75 Å². The van der Waals surface area contributed by atoms with Gasteiger partial charge in [0.2, 0.25) is 0 Å². The number of aryl methyl sites for hydroxylation is 1. The van der Waals surface area contributed by atoms with Gasteiger partial charge in [0.1, 0.15) is 22.8 Å². The molecule has 8 heteroatoms. The Hall–Kier alpha value is -3.10. The number of rotatable bonds is 5. The summed E-state index contributed by atoms with van der Waals surface area (Å²) in [6, 6.07) is 15.3. The van der Waals surface area contributed by atoms with Crippen molar-refractivity contribution in [3.05, 3.63) is 66.4 Å². The lowest BCUT2D eigenvalue weighted by molar-refractivity contribution is 0.471. The molecule has 26 heavy (non-hydrogen) atoms. The Morgan fingerprint density at radius 1 is 1.12 bits per heavy atom. The van der Waals surface area contributed by atoms with Crippen LogP contribution in [-0.2, 0) is 11.4 Å². The predicted octanol–water partition coefficient (Wildman–Crippen LogP) is 4.23. The third-order valence-corrected chi connectivity index (χ3v) is 4.63. The zero-order valence-electron chi connectivity index (χ0n) is 14.0. The molecule has 0 spiro atoms. The molecule has 2 aromatic carbocycles. The number of hydrogen-bond donors (Lipinski definition) is 3. The number of benzene rings is 2. The predicted molar refractivity (Wildman–Crippen MR) is 102 cm³/mol. The number of anilines is 2. The maximum atomic E-state index is 12.3. The van der Waals surface area contributed by atoms with Crippen molar-refractivity contribution in [2.24, 2.45) is 10.2 Å². The molecule has 0 fully saturated rings. The standard InChI is InChI=1S/C18H17N5O2S/c1-12-10-16(15(19)11-17(12)24)22-21-13-5-7-14(8-6-13)26(25)23-18-4-2-3-9-20-18/h2-11,24H,19H2,1H3,(H,20,23)/b22-21+. The van der Waals surface area contributed by atoms with Crippen molar-refractivity contribution in [2.45, 2.75) is 11.8 Å². The van der Waals surface area contributed by atoms with Gasteiger partial charge in [-0.25, -0.2) is 4.98 Å². The number of azo groups is 1. The number of hydrogen-bond acceptors (Lipinski definition) is 7. The quantitative estimate of drug-likeness (QED) is 0.354. The lowest BCUT2D eigenvalue weighted by Gasteiger charge is -2.10. The number of nitrogens with one attached hydrogen (secondary N) is 1. The molecule has 0 aliphatic carbocycles. The monoisotopic (exact) mass is 367 g/mol. The number of nitrogen functional groups attached to an aromatic ring is 1. The molecule has 1 aromatic heterocycles. The van der Waals surface area contributed by atoms with Crippen LogP contribution in [0.4, 0.5) is 22.9 Å². The summed E-state index contributed by atoms with van der Waals surface area (Å²) in [5.74, 6) is 0.654. The molecule has 7 nitrogen and oxygen atoms in total. The van der Waals surface area contributed by atoms with Gasteiger partial charge in [-0.1, -0.05) is 6.07 Å². The van der Waals surface area contributed by atoms with E-state index in [1.807, 2.05) is 6.07 Å². The second kappa shape index (κ2) is 7.85. The zero-order valence-corrected chi connectivity index (χ0v) is 14.8. The Morgan fingerprint density at radius 3 is 2.58 bits per heavy atom. The largest absolute Gasteiger partial charge is 0.588 e. The highest BCUT2D eigenvalue weighted by atomic mass is 32.2. The molecular weight excluding hydrogens is 350 g/mol. The summed E-state index contributed by atoms with van der Waals surface area (Å²) >= 11 is -1.42. The minimum absolute atomic E-state index is 0.119. The van der Waals surface area contributed by atoms with E-state index in [0.717, 1.165) is 0 Å². The minimum atomic E-state index is -1.42. The number of pyridine rings is 1. The minimum Gasteiger partial charge on any atom is -0.588 e. The molecule has 1 atom stereocenters. The average Bonchev–Trinajstić information content (AvgIpc) is 2.65. The van der Waals surface area contributed by atoms with Crippen molar-refractivity contribution in [1.29, 1.82) is 0 Å². The molecule has 0 saturated heterocycles. The molecule has 0 aliphatic heterocycles. The maximum Gasteiger partial charge on any atom is 0.180 e. The highest BCUT2D eigenvalue weighted by Crippen LogP contribution is 2.31. The summed E-state index contributed by atoms with van der Waals surface area (Å²) in [7, 11) is 0. The number of nitrogens with zero attached hydrogens (tertiary/aromatic N) is 3. The molecule has 0 radical (unpaired) electrons. The topological polar surface area (TPSA) is 119 Å². The number of aromatic hydroxyl groups is 1. The summed E-state index contributed by atoms with van der Waals surface area (Å²) in [5, 5.41) is 17.8. The van der Waals surface area contributed by atoms with Crippen molar-refractivity contribution in [3.63, 3.8) is 0 Å². The fourth-order valence-corrected chi connectivity index (χ4v) is 2.92. The van der Waals surface area contributed by atoms with E-state index < -0.39 is 11.4 Å². The fourth-order valence-electron chi connectivity index (χ4n) is 2.11. The maximum absolute atomic E-state index is 12.3. The first-order chi connectivity index (χ1) is 12.5. The highest BCUT2D eigenvalue weighted by Gasteiger charge is 2.12. The summed E-state index contributed by atoms with van der Waals surface area (Å²) in [4.78, 5) is 4.67. The first-order valence-electron chi connectivity index (χ1n) is 7.73. The third-order valence-electron chi connectivity index (χ3n) is 3.53. The van der Waals surface area contributed by atoms with Gasteiger partial charge in [-0.3, -0.25) is 0 Å². The van der Waals surface area contributed by atoms with Gasteiger partial charge in [0.05, 0.1) is 11.4 Å². The van der Waals surface area contributed by atoms with Crippen molar-refractivity contribution in [3.8, 4) is 5.75 Å². The second-order valence-corrected chi connectivity index (χ2v) is 6.69. The van der Waals surface area contributed by atoms with Gasteiger partial charge < -0.3 is 15.4 Å². The molecule has 132 valence electrons. The lowest BCUT2D eigenvalue weighted by atomic mass is 10.2. The van der Waals surface area contributed by atoms with Crippen LogP contribution in [0.2, 0.25) is 0 Å². The number of aromatic nitrogens is 1. The molecule has 4 N–H and O–H groups in total. The Labute approximate surface area is 153 Å². The van der Waals surface area contributed by atoms with Gasteiger partial charge in [-0.2, -0.15) is 9.84 Å². The summed E-state index contributed by atoms with van der Waals surface area (Å²) in [5.41, 5.74) is 7.90. The van der Waals surface area contributed by atoms with Crippen molar-refractivity contribution < 1.29 is 9.66 Å². The molecular formula is C18H17N5O2S. The van der Waals surface area contributed by atoms with Crippen LogP contribution in [-0.4, -0.2) is 14.6 Å². The highest BCUT2D eigenvalue weighted by molar-refractivity contribution is 7.92. The lowest BCUT2D eigenvalue weighted by Crippen LogP contribution is -2.13. The summed E-state index contributed by atoms with van der Waals surface area (Å²) in [6.07, 6.45) is 1.62. The van der Waals surface area contributed by atoms with E-state index in [1.165, 1.54) is 6.07 Å². The summed E-state index contributed by atoms with van der Waals surface area (Å²) in [6.45, 7) is 1.76. The Balaban J connectivity index is 1.70. The van der Waals surface area contributed by atoms with Crippen LogP contribution in [0.3, 0.4) is 0 Å². The van der Waals surface area contributed by atoms with Crippen molar-refractivity contribution in [2.75, 3.05) is 10.5 Å². The van der Waals surface area contributed by atoms with Crippen LogP contribution < -0.4 is 10.5 Å². The second-order valence-electron chi connectivity index (χ2n) is 5.48. The van der Waals surface area contributed by atoms with Crippen LogP contribution in [0.15, 0.2) is 75.9 Å². The molecule has 0 saturated carbocycles. The normalized spacial score (nSPS) is 12.2. The average molecular weight is 367 g/mol. The Kier molecular flexibility index (Phi) is 5.35. The van der Waals surface area contributed by atoms with Gasteiger partial charge in [0, 0.05) is 12.3 Å². The molecule has 3 rings (SSSR count). The van der Waals surface area contributed by atoms with Crippen LogP contribution in [0.25, 0.3) is 0 Å². The van der Waals surface area contributed by atoms with Gasteiger partial charge >= 0.3 is 0 Å². The van der Waals surface area contributed by atoms with E-state index in [9.17, 15) is 9.66 Å². The smallest absolute Gasteiger partial charge is 0.180 e. The molecule has 1 unspecified atom stereocenters. The molecule has 0 bridgehead atoms. The van der Waals surface area contributed by atoms with Gasteiger partial charge in [-0.05, 0) is 55.0 Å². The van der Waals surface area contributed by atoms with E-state index in [4.69, 9.17) is 5.73 Å². The number of nitrogens with two attached hydrogens (primary N) is 1. The van der Waals surface area contributed by atoms with E-state index >= 15 is 0 Å². The Bertz CT molecular complexity index is 917. The molecule has 1 heterocycles. The van der Waals surface area contributed by atoms with Crippen molar-refractivity contribution in [1.82, 2.24) is 4.98 Å². The summed E-state index contributed by atoms with van der Waals surface area (Å²) < 4.78 is 15.1. The Morgan fingerprint density at radius 2 is 1.88 bits per heavy atom. The van der Waals surface area contributed by atoms with Gasteiger partial charge in [0.25, 0.3) is 0 Å². The van der Waals surface area contributed by atoms with Crippen LogP contribution in [0.5, 0.6) is 5.75 Å². The van der Waals surface area contributed by atoms with Crippen LogP contribution >= 0.6 is 0 Å². The first-order valence-corrected chi connectivity index (χ1v) is 8.88. The van der Waals surface area contributed by atoms with E-state index in [2.05, 4.69) is 19.9 Å². The first kappa shape index (κ1) is 17.7. The number of phenolic OH excluding ortho intramolecular Hbond substituents is 1. The third kappa shape index (κ3) is 4.29. The van der Waals surface area contributed by atoms with Crippen LogP contribution in [0.1, 0.15) is 5.56 Å². The zero-order chi connectivity index (χ0) is 18.5. The van der Waals surface area contributed by atoms with Gasteiger partial charge in [-0.15, -0.1) is 5.11 Å². The van der Waals surface area contributed by atoms with E-state index in [1.54, 1.807) is 55.6 Å². The molecule has 0 aliphatic rings. The molecule has 0 amide bonds. The van der Waals surface area contributed by atoms with Gasteiger partial charge in [0.15, 0.2) is 10.7 Å². The molecule has 3 aromatic rings. The fraction of sp³-hybridized carbons (Fsp3) is 0.0556. The number of phenols is 1. The van der Waals surface area contributed by atoms with E-state index in [0.29, 0.717) is 33.3 Å².